The molecule has 0 fully saturated rings. The quantitative estimate of drug-likeness (QED) is 0.231. The molecule has 0 aliphatic heterocycles. The first kappa shape index (κ1) is 24.3. The summed E-state index contributed by atoms with van der Waals surface area (Å²) in [4.78, 5) is 12.4. The second-order valence-corrected chi connectivity index (χ2v) is 8.07. The van der Waals surface area contributed by atoms with E-state index in [1.165, 1.54) is 0 Å². The van der Waals surface area contributed by atoms with Crippen LogP contribution in [0.2, 0.25) is 0 Å². The van der Waals surface area contributed by atoms with E-state index in [-0.39, 0.29) is 24.3 Å². The van der Waals surface area contributed by atoms with Crippen molar-refractivity contribution >= 4 is 34.8 Å². The summed E-state index contributed by atoms with van der Waals surface area (Å²) in [6.07, 6.45) is 2.02. The van der Waals surface area contributed by atoms with Gasteiger partial charge in [-0.15, -0.1) is 10.2 Å². The lowest BCUT2D eigenvalue weighted by Gasteiger charge is -2.20. The monoisotopic (exact) mass is 463 g/mol. The van der Waals surface area contributed by atoms with Gasteiger partial charge in [0.15, 0.2) is 16.7 Å². The van der Waals surface area contributed by atoms with Crippen LogP contribution < -0.4 is 21.1 Å². The maximum atomic E-state index is 12.4. The highest BCUT2D eigenvalue weighted by Crippen LogP contribution is 2.25. The van der Waals surface area contributed by atoms with Crippen LogP contribution in [0.4, 0.5) is 11.5 Å². The first-order valence-electron chi connectivity index (χ1n) is 11.0. The third-order valence-corrected chi connectivity index (χ3v) is 5.60. The van der Waals surface area contributed by atoms with E-state index in [1.807, 2.05) is 42.5 Å². The topological polar surface area (TPSA) is 102 Å². The predicted molar refractivity (Wildman–Crippen MR) is 136 cm³/mol. The van der Waals surface area contributed by atoms with E-state index < -0.39 is 0 Å². The maximum absolute atomic E-state index is 12.4. The number of carbonyl (C=O) groups excluding carboxylic acids is 1. The van der Waals surface area contributed by atoms with Gasteiger partial charge < -0.3 is 21.1 Å². The van der Waals surface area contributed by atoms with E-state index >= 15 is 0 Å². The Hall–Kier alpha value is -3.36. The van der Waals surface area contributed by atoms with Crippen LogP contribution in [0.25, 0.3) is 11.3 Å². The number of nitrogens with two attached hydrogens (primary N) is 1. The predicted octanol–water partition coefficient (Wildman–Crippen LogP) is 5.01. The Morgan fingerprint density at radius 2 is 1.67 bits per heavy atom. The Bertz CT molecular complexity index is 1060. The molecule has 0 saturated heterocycles. The van der Waals surface area contributed by atoms with E-state index in [4.69, 9.17) is 22.7 Å². The van der Waals surface area contributed by atoms with Crippen molar-refractivity contribution in [2.75, 3.05) is 10.6 Å². The zero-order valence-corrected chi connectivity index (χ0v) is 19.6. The maximum Gasteiger partial charge on any atom is 0.312 e. The van der Waals surface area contributed by atoms with Gasteiger partial charge in [-0.2, -0.15) is 0 Å². The van der Waals surface area contributed by atoms with Crippen molar-refractivity contribution in [1.82, 2.24) is 10.2 Å². The van der Waals surface area contributed by atoms with Crippen molar-refractivity contribution in [2.24, 2.45) is 11.7 Å². The van der Waals surface area contributed by atoms with Crippen molar-refractivity contribution < 1.29 is 9.53 Å². The van der Waals surface area contributed by atoms with Crippen LogP contribution in [0.15, 0.2) is 66.7 Å². The second-order valence-electron chi connectivity index (χ2n) is 7.66. The zero-order chi connectivity index (χ0) is 23.6. The molecule has 0 aliphatic rings. The molecule has 33 heavy (non-hydrogen) atoms. The van der Waals surface area contributed by atoms with Crippen molar-refractivity contribution in [3.8, 4) is 17.0 Å². The molecule has 172 valence electrons. The Morgan fingerprint density at radius 1 is 0.970 bits per heavy atom. The summed E-state index contributed by atoms with van der Waals surface area (Å²) in [5.41, 5.74) is 8.50. The smallest absolute Gasteiger partial charge is 0.312 e. The molecule has 8 heteroatoms. The molecule has 1 aromatic heterocycles. The summed E-state index contributed by atoms with van der Waals surface area (Å²) in [5.74, 6) is 0.800. The summed E-state index contributed by atoms with van der Waals surface area (Å²) in [6, 6.07) is 20.3. The SMILES string of the molecule is CCC(CC)C(N)CC(=O)Oc1ccccc1NC(=S)Nc1ccc(-c2ccccc2)nn1. The molecule has 0 aliphatic carbocycles. The lowest BCUT2D eigenvalue weighted by atomic mass is 9.93. The number of hydrogen-bond acceptors (Lipinski definition) is 6. The molecule has 0 radical (unpaired) electrons. The van der Waals surface area contributed by atoms with Crippen molar-refractivity contribution in [1.29, 1.82) is 0 Å². The fourth-order valence-corrected chi connectivity index (χ4v) is 3.72. The normalized spacial score (nSPS) is 11.6. The molecule has 0 spiro atoms. The Balaban J connectivity index is 1.60. The minimum atomic E-state index is -0.370. The fraction of sp³-hybridized carbons (Fsp3) is 0.280. The molecule has 0 bridgehead atoms. The number of rotatable bonds is 9. The third-order valence-electron chi connectivity index (χ3n) is 5.39. The van der Waals surface area contributed by atoms with Crippen LogP contribution in [0.3, 0.4) is 0 Å². The largest absolute Gasteiger partial charge is 0.424 e. The third kappa shape index (κ3) is 7.06. The van der Waals surface area contributed by atoms with E-state index in [9.17, 15) is 4.79 Å². The zero-order valence-electron chi connectivity index (χ0n) is 18.8. The lowest BCUT2D eigenvalue weighted by molar-refractivity contribution is -0.135. The number of anilines is 2. The van der Waals surface area contributed by atoms with Crippen molar-refractivity contribution in [3.05, 3.63) is 66.7 Å². The summed E-state index contributed by atoms with van der Waals surface area (Å²) in [7, 11) is 0. The molecule has 7 nitrogen and oxygen atoms in total. The number of aromatic nitrogens is 2. The van der Waals surface area contributed by atoms with E-state index in [1.54, 1.807) is 24.3 Å². The number of para-hydroxylation sites is 2. The standard InChI is InChI=1S/C25H29N5O2S/c1-3-17(4-2)19(26)16-24(31)32-22-13-9-8-12-21(22)27-25(33)28-23-15-14-20(29-30-23)18-10-6-5-7-11-18/h5-15,17,19H,3-4,16,26H2,1-2H3,(H2,27,28,30,33). The molecule has 1 heterocycles. The average molecular weight is 464 g/mol. The van der Waals surface area contributed by atoms with E-state index in [2.05, 4.69) is 34.7 Å². The minimum absolute atomic E-state index is 0.159. The molecule has 4 N–H and O–H groups in total. The number of esters is 1. The van der Waals surface area contributed by atoms with E-state index in [0.717, 1.165) is 24.1 Å². The van der Waals surface area contributed by atoms with Crippen LogP contribution in [0.5, 0.6) is 5.75 Å². The Kier molecular flexibility index (Phi) is 8.86. The number of thiocarbonyl (C=S) groups is 1. The highest BCUT2D eigenvalue weighted by atomic mass is 32.1. The first-order chi connectivity index (χ1) is 16.0. The minimum Gasteiger partial charge on any atom is -0.424 e. The van der Waals surface area contributed by atoms with Crippen molar-refractivity contribution in [2.45, 2.75) is 39.2 Å². The van der Waals surface area contributed by atoms with Gasteiger partial charge in [0.05, 0.1) is 17.8 Å². The first-order valence-corrected chi connectivity index (χ1v) is 11.4. The number of carbonyl (C=O) groups is 1. The lowest BCUT2D eigenvalue weighted by Crippen LogP contribution is -2.33. The van der Waals surface area contributed by atoms with Crippen LogP contribution in [0.1, 0.15) is 33.1 Å². The molecule has 0 amide bonds. The van der Waals surface area contributed by atoms with E-state index in [0.29, 0.717) is 22.4 Å². The number of hydrogen-bond donors (Lipinski definition) is 3. The number of nitrogens with one attached hydrogen (secondary N) is 2. The molecule has 1 atom stereocenters. The molecular weight excluding hydrogens is 434 g/mol. The van der Waals surface area contributed by atoms with Crippen LogP contribution in [-0.4, -0.2) is 27.3 Å². The van der Waals surface area contributed by atoms with Crippen LogP contribution >= 0.6 is 12.2 Å². The number of ether oxygens (including phenoxy) is 1. The second kappa shape index (κ2) is 12.0. The van der Waals surface area contributed by atoms with Gasteiger partial charge >= 0.3 is 5.97 Å². The molecule has 1 unspecified atom stereocenters. The highest BCUT2D eigenvalue weighted by molar-refractivity contribution is 7.80. The summed E-state index contributed by atoms with van der Waals surface area (Å²) >= 11 is 5.40. The van der Waals surface area contributed by atoms with Crippen LogP contribution in [-0.2, 0) is 4.79 Å². The summed E-state index contributed by atoms with van der Waals surface area (Å²) < 4.78 is 5.57. The van der Waals surface area contributed by atoms with Gasteiger partial charge in [0, 0.05) is 11.6 Å². The Morgan fingerprint density at radius 3 is 2.33 bits per heavy atom. The van der Waals surface area contributed by atoms with Gasteiger partial charge in [-0.3, -0.25) is 4.79 Å². The average Bonchev–Trinajstić information content (AvgIpc) is 2.82. The molecular formula is C25H29N5O2S. The van der Waals surface area contributed by atoms with Gasteiger partial charge in [-0.25, -0.2) is 0 Å². The van der Waals surface area contributed by atoms with Crippen molar-refractivity contribution in [3.63, 3.8) is 0 Å². The summed E-state index contributed by atoms with van der Waals surface area (Å²) in [5, 5.41) is 14.8. The summed E-state index contributed by atoms with van der Waals surface area (Å²) in [6.45, 7) is 4.15. The highest BCUT2D eigenvalue weighted by Gasteiger charge is 2.19. The van der Waals surface area contributed by atoms with Gasteiger partial charge in [0.2, 0.25) is 0 Å². The fourth-order valence-electron chi connectivity index (χ4n) is 3.51. The Labute approximate surface area is 199 Å². The van der Waals surface area contributed by atoms with Crippen LogP contribution in [0, 0.1) is 5.92 Å². The molecule has 3 aromatic rings. The van der Waals surface area contributed by atoms with Gasteiger partial charge in [0.25, 0.3) is 0 Å². The number of nitrogens with zero attached hydrogens (tertiary/aromatic N) is 2. The molecule has 3 rings (SSSR count). The molecule has 0 saturated carbocycles. The number of benzene rings is 2. The molecule has 2 aromatic carbocycles. The van der Waals surface area contributed by atoms with Gasteiger partial charge in [-0.1, -0.05) is 69.2 Å². The van der Waals surface area contributed by atoms with Gasteiger partial charge in [-0.05, 0) is 42.4 Å². The van der Waals surface area contributed by atoms with Gasteiger partial charge in [0.1, 0.15) is 0 Å².